The van der Waals surface area contributed by atoms with E-state index in [2.05, 4.69) is 5.32 Å². The average Bonchev–Trinajstić information content (AvgIpc) is 2.85. The molecule has 1 saturated heterocycles. The second kappa shape index (κ2) is 8.74. The monoisotopic (exact) mass is 475 g/mol. The highest BCUT2D eigenvalue weighted by Crippen LogP contribution is 2.29. The fourth-order valence-electron chi connectivity index (χ4n) is 3.51. The summed E-state index contributed by atoms with van der Waals surface area (Å²) in [5, 5.41) is 12.9. The zero-order valence-electron chi connectivity index (χ0n) is 16.3. The summed E-state index contributed by atoms with van der Waals surface area (Å²) in [6, 6.07) is 2.61. The van der Waals surface area contributed by atoms with Crippen LogP contribution >= 0.6 is 23.2 Å². The lowest BCUT2D eigenvalue weighted by molar-refractivity contribution is -0.135. The molecule has 164 valence electrons. The minimum absolute atomic E-state index is 0.0624. The number of likely N-dealkylation sites (tertiary alicyclic amines) is 1. The topological polar surface area (TPSA) is 107 Å². The van der Waals surface area contributed by atoms with E-state index in [0.29, 0.717) is 32.4 Å². The van der Waals surface area contributed by atoms with Crippen molar-refractivity contribution in [1.29, 1.82) is 0 Å². The summed E-state index contributed by atoms with van der Waals surface area (Å²) in [5.74, 6) is -0.950. The number of nitrogens with one attached hydrogen (secondary N) is 1. The van der Waals surface area contributed by atoms with Crippen LogP contribution in [0.15, 0.2) is 35.5 Å². The van der Waals surface area contributed by atoms with Crippen molar-refractivity contribution in [1.82, 2.24) is 14.5 Å². The summed E-state index contributed by atoms with van der Waals surface area (Å²) in [4.78, 5) is 26.8. The number of halogens is 2. The molecule has 1 fully saturated rings. The number of hydrogen-bond donors (Lipinski definition) is 2. The molecule has 2 atom stereocenters. The van der Waals surface area contributed by atoms with Gasteiger partial charge in [-0.05, 0) is 44.4 Å². The SMILES string of the molecule is C[C@@]1(O)CCCN(C(=O)C[C@@H]2C(=O)NC=CN2S(=O)(=O)c2ccc(Cl)c(Cl)c2)CC1. The molecule has 11 heteroatoms. The van der Waals surface area contributed by atoms with Gasteiger partial charge in [0.2, 0.25) is 11.8 Å². The Morgan fingerprint density at radius 2 is 2.00 bits per heavy atom. The lowest BCUT2D eigenvalue weighted by Gasteiger charge is -2.32. The molecule has 0 unspecified atom stereocenters. The average molecular weight is 476 g/mol. The smallest absolute Gasteiger partial charge is 0.264 e. The van der Waals surface area contributed by atoms with Gasteiger partial charge in [-0.25, -0.2) is 8.42 Å². The second-order valence-corrected chi connectivity index (χ2v) is 10.3. The number of nitrogens with zero attached hydrogens (tertiary/aromatic N) is 2. The molecule has 0 aliphatic carbocycles. The Kier molecular flexibility index (Phi) is 6.66. The number of amides is 2. The lowest BCUT2D eigenvalue weighted by atomic mass is 9.98. The number of carbonyl (C=O) groups excluding carboxylic acids is 2. The molecule has 0 radical (unpaired) electrons. The first-order valence-electron chi connectivity index (χ1n) is 9.47. The van der Waals surface area contributed by atoms with Gasteiger partial charge >= 0.3 is 0 Å². The van der Waals surface area contributed by atoms with Gasteiger partial charge in [-0.2, -0.15) is 0 Å². The lowest BCUT2D eigenvalue weighted by Crippen LogP contribution is -2.51. The molecule has 0 aromatic heterocycles. The van der Waals surface area contributed by atoms with Crippen molar-refractivity contribution >= 4 is 45.0 Å². The highest BCUT2D eigenvalue weighted by atomic mass is 35.5. The van der Waals surface area contributed by atoms with Gasteiger partial charge in [-0.3, -0.25) is 13.9 Å². The largest absolute Gasteiger partial charge is 0.390 e. The van der Waals surface area contributed by atoms with E-state index in [1.807, 2.05) is 0 Å². The van der Waals surface area contributed by atoms with Crippen LogP contribution in [0, 0.1) is 0 Å². The maximum atomic E-state index is 13.1. The molecule has 2 heterocycles. The van der Waals surface area contributed by atoms with Gasteiger partial charge in [0, 0.05) is 25.5 Å². The molecule has 0 saturated carbocycles. The number of hydrogen-bond acceptors (Lipinski definition) is 5. The summed E-state index contributed by atoms with van der Waals surface area (Å²) >= 11 is 11.8. The van der Waals surface area contributed by atoms with E-state index in [4.69, 9.17) is 23.2 Å². The van der Waals surface area contributed by atoms with Crippen molar-refractivity contribution in [3.05, 3.63) is 40.6 Å². The third-order valence-electron chi connectivity index (χ3n) is 5.31. The summed E-state index contributed by atoms with van der Waals surface area (Å²) in [6.45, 7) is 2.51. The van der Waals surface area contributed by atoms with Crippen molar-refractivity contribution in [3.63, 3.8) is 0 Å². The predicted octanol–water partition coefficient (Wildman–Crippen LogP) is 2.11. The first-order chi connectivity index (χ1) is 14.0. The van der Waals surface area contributed by atoms with E-state index in [-0.39, 0.29) is 27.3 Å². The molecule has 1 aromatic carbocycles. The summed E-state index contributed by atoms with van der Waals surface area (Å²) < 4.78 is 27.2. The Labute approximate surface area is 185 Å². The van der Waals surface area contributed by atoms with Gasteiger partial charge in [0.25, 0.3) is 10.0 Å². The van der Waals surface area contributed by atoms with Crippen LogP contribution in [0.5, 0.6) is 0 Å². The minimum atomic E-state index is -4.15. The van der Waals surface area contributed by atoms with Crippen LogP contribution in [0.2, 0.25) is 10.0 Å². The number of benzene rings is 1. The minimum Gasteiger partial charge on any atom is -0.390 e. The molecule has 1 aromatic rings. The molecule has 2 N–H and O–H groups in total. The molecular formula is C19H23Cl2N3O5S. The third kappa shape index (κ3) is 4.91. The zero-order chi connectivity index (χ0) is 22.1. The van der Waals surface area contributed by atoms with E-state index in [9.17, 15) is 23.1 Å². The molecule has 0 bridgehead atoms. The Bertz CT molecular complexity index is 980. The van der Waals surface area contributed by atoms with E-state index in [0.717, 1.165) is 4.31 Å². The van der Waals surface area contributed by atoms with Crippen LogP contribution in [0.1, 0.15) is 32.6 Å². The first-order valence-corrected chi connectivity index (χ1v) is 11.7. The molecule has 2 aliphatic heterocycles. The second-order valence-electron chi connectivity index (χ2n) is 7.69. The van der Waals surface area contributed by atoms with Gasteiger partial charge in [0.15, 0.2) is 0 Å². The third-order valence-corrected chi connectivity index (χ3v) is 7.83. The molecule has 0 spiro atoms. The molecule has 8 nitrogen and oxygen atoms in total. The Hall–Kier alpha value is -1.81. The van der Waals surface area contributed by atoms with E-state index in [1.165, 1.54) is 30.6 Å². The van der Waals surface area contributed by atoms with Crippen LogP contribution < -0.4 is 5.32 Å². The van der Waals surface area contributed by atoms with Gasteiger partial charge in [0.1, 0.15) is 6.04 Å². The van der Waals surface area contributed by atoms with Gasteiger partial charge in [0.05, 0.1) is 27.0 Å². The fraction of sp³-hybridized carbons (Fsp3) is 0.474. The van der Waals surface area contributed by atoms with Crippen LogP contribution in [-0.4, -0.2) is 59.3 Å². The maximum absolute atomic E-state index is 13.1. The normalized spacial score (nSPS) is 25.1. The fourth-order valence-corrected chi connectivity index (χ4v) is 5.34. The van der Waals surface area contributed by atoms with Crippen LogP contribution in [-0.2, 0) is 19.6 Å². The first kappa shape index (κ1) is 22.9. The van der Waals surface area contributed by atoms with Crippen molar-refractivity contribution in [2.75, 3.05) is 13.1 Å². The number of sulfonamides is 1. The molecule has 30 heavy (non-hydrogen) atoms. The van der Waals surface area contributed by atoms with E-state index in [1.54, 1.807) is 11.8 Å². The number of rotatable bonds is 4. The molecule has 3 rings (SSSR count). The van der Waals surface area contributed by atoms with E-state index < -0.39 is 27.6 Å². The summed E-state index contributed by atoms with van der Waals surface area (Å²) in [7, 11) is -4.15. The van der Waals surface area contributed by atoms with Crippen molar-refractivity contribution in [2.24, 2.45) is 0 Å². The maximum Gasteiger partial charge on any atom is 0.264 e. The number of carbonyl (C=O) groups is 2. The van der Waals surface area contributed by atoms with Crippen molar-refractivity contribution < 1.29 is 23.1 Å². The van der Waals surface area contributed by atoms with Crippen LogP contribution in [0.4, 0.5) is 0 Å². The van der Waals surface area contributed by atoms with E-state index >= 15 is 0 Å². The van der Waals surface area contributed by atoms with Crippen LogP contribution in [0.25, 0.3) is 0 Å². The Morgan fingerprint density at radius 1 is 1.27 bits per heavy atom. The van der Waals surface area contributed by atoms with Crippen molar-refractivity contribution in [3.8, 4) is 0 Å². The quantitative estimate of drug-likeness (QED) is 0.693. The standard InChI is InChI=1S/C19H23Cl2N3O5S/c1-19(27)5-2-8-23(9-6-19)17(25)12-16-18(26)22-7-10-24(16)30(28,29)13-3-4-14(20)15(21)11-13/h3-4,7,10-11,16,27H,2,5-6,8-9,12H2,1H3,(H,22,26)/t16-,19-/m1/s1. The Morgan fingerprint density at radius 3 is 2.70 bits per heavy atom. The van der Waals surface area contributed by atoms with Gasteiger partial charge in [-0.1, -0.05) is 23.2 Å². The predicted molar refractivity (Wildman–Crippen MR) is 112 cm³/mol. The highest BCUT2D eigenvalue weighted by Gasteiger charge is 2.38. The molecular weight excluding hydrogens is 453 g/mol. The zero-order valence-corrected chi connectivity index (χ0v) is 18.7. The summed E-state index contributed by atoms with van der Waals surface area (Å²) in [5.41, 5.74) is -0.844. The van der Waals surface area contributed by atoms with Crippen LogP contribution in [0.3, 0.4) is 0 Å². The highest BCUT2D eigenvalue weighted by molar-refractivity contribution is 7.89. The summed E-state index contributed by atoms with van der Waals surface area (Å²) in [6.07, 6.45) is 3.72. The Balaban J connectivity index is 1.83. The van der Waals surface area contributed by atoms with Crippen molar-refractivity contribution in [2.45, 2.75) is 49.1 Å². The van der Waals surface area contributed by atoms with Gasteiger partial charge in [-0.15, -0.1) is 0 Å². The molecule has 2 aliphatic rings. The molecule has 2 amide bonds. The van der Waals surface area contributed by atoms with Gasteiger partial charge < -0.3 is 15.3 Å². The number of aliphatic hydroxyl groups is 1.